The van der Waals surface area contributed by atoms with Crippen molar-refractivity contribution in [2.24, 2.45) is 57.7 Å². The lowest BCUT2D eigenvalue weighted by molar-refractivity contribution is -0.160. The Morgan fingerprint density at radius 3 is 2.27 bits per heavy atom. The van der Waals surface area contributed by atoms with Crippen molar-refractivity contribution in [3.05, 3.63) is 0 Å². The van der Waals surface area contributed by atoms with E-state index in [9.17, 15) is 4.79 Å². The molecule has 4 aliphatic rings. The van der Waals surface area contributed by atoms with E-state index in [2.05, 4.69) is 48.5 Å². The fraction of sp³-hybridized carbons (Fsp3) is 0.968. The topological polar surface area (TPSA) is 26.3 Å². The maximum Gasteiger partial charge on any atom is 0.302 e. The van der Waals surface area contributed by atoms with Gasteiger partial charge >= 0.3 is 5.97 Å². The van der Waals surface area contributed by atoms with Gasteiger partial charge in [0.2, 0.25) is 0 Å². The number of hydrogen-bond acceptors (Lipinski definition) is 2. The molecule has 4 rings (SSSR count). The zero-order valence-corrected chi connectivity index (χ0v) is 23.2. The van der Waals surface area contributed by atoms with Crippen molar-refractivity contribution < 1.29 is 9.53 Å². The molecule has 4 aliphatic carbocycles. The first kappa shape index (κ1) is 25.6. The molecule has 190 valence electrons. The highest BCUT2D eigenvalue weighted by atomic mass is 16.5. The molecular formula is C31H54O2. The van der Waals surface area contributed by atoms with Crippen LogP contribution < -0.4 is 0 Å². The molecule has 33 heavy (non-hydrogen) atoms. The average Bonchev–Trinajstić information content (AvgIpc) is 3.09. The SMILES string of the molecule is CC(=O)OC1CCC2(C)C(CCC3C2CCC2(C)C(C(C)CCC(C)(C)C(C)C)CCC32)C1. The number of fused-ring (bicyclic) bond motifs is 5. The number of hydrogen-bond donors (Lipinski definition) is 0. The molecule has 0 amide bonds. The van der Waals surface area contributed by atoms with E-state index in [1.54, 1.807) is 6.92 Å². The van der Waals surface area contributed by atoms with Gasteiger partial charge in [-0.05, 0) is 128 Å². The molecule has 0 bridgehead atoms. The molecule has 4 fully saturated rings. The summed E-state index contributed by atoms with van der Waals surface area (Å²) < 4.78 is 5.67. The van der Waals surface area contributed by atoms with Crippen molar-refractivity contribution in [2.75, 3.05) is 0 Å². The first-order chi connectivity index (χ1) is 15.4. The van der Waals surface area contributed by atoms with Gasteiger partial charge in [-0.2, -0.15) is 0 Å². The van der Waals surface area contributed by atoms with Gasteiger partial charge in [0.25, 0.3) is 0 Å². The van der Waals surface area contributed by atoms with Gasteiger partial charge in [0.05, 0.1) is 0 Å². The van der Waals surface area contributed by atoms with Crippen LogP contribution in [0.4, 0.5) is 0 Å². The van der Waals surface area contributed by atoms with Gasteiger partial charge in [-0.25, -0.2) is 0 Å². The Labute approximate surface area is 205 Å². The molecule has 0 aromatic rings. The van der Waals surface area contributed by atoms with Crippen LogP contribution in [-0.2, 0) is 9.53 Å². The summed E-state index contributed by atoms with van der Waals surface area (Å²) >= 11 is 0. The summed E-state index contributed by atoms with van der Waals surface area (Å²) in [5.41, 5.74) is 1.51. The van der Waals surface area contributed by atoms with E-state index in [1.165, 1.54) is 57.8 Å². The van der Waals surface area contributed by atoms with Crippen LogP contribution in [0.1, 0.15) is 126 Å². The Morgan fingerprint density at radius 2 is 1.61 bits per heavy atom. The molecule has 9 unspecified atom stereocenters. The van der Waals surface area contributed by atoms with Gasteiger partial charge < -0.3 is 4.74 Å². The molecular weight excluding hydrogens is 404 g/mol. The lowest BCUT2D eigenvalue weighted by Crippen LogP contribution is -2.54. The van der Waals surface area contributed by atoms with E-state index in [4.69, 9.17) is 4.74 Å². The van der Waals surface area contributed by atoms with Crippen LogP contribution in [-0.4, -0.2) is 12.1 Å². The summed E-state index contributed by atoms with van der Waals surface area (Å²) in [7, 11) is 0. The van der Waals surface area contributed by atoms with Gasteiger partial charge in [0.1, 0.15) is 6.10 Å². The Hall–Kier alpha value is -0.530. The largest absolute Gasteiger partial charge is 0.463 e. The van der Waals surface area contributed by atoms with Crippen molar-refractivity contribution in [1.82, 2.24) is 0 Å². The van der Waals surface area contributed by atoms with Crippen molar-refractivity contribution >= 4 is 5.97 Å². The van der Waals surface area contributed by atoms with Crippen LogP contribution in [0.25, 0.3) is 0 Å². The highest BCUT2D eigenvalue weighted by molar-refractivity contribution is 5.66. The molecule has 0 heterocycles. The summed E-state index contributed by atoms with van der Waals surface area (Å²) in [5, 5.41) is 0. The predicted molar refractivity (Wildman–Crippen MR) is 138 cm³/mol. The van der Waals surface area contributed by atoms with E-state index in [1.807, 2.05) is 0 Å². The van der Waals surface area contributed by atoms with Crippen molar-refractivity contribution in [3.63, 3.8) is 0 Å². The maximum absolute atomic E-state index is 11.5. The number of ether oxygens (including phenoxy) is 1. The number of carbonyl (C=O) groups is 1. The van der Waals surface area contributed by atoms with E-state index >= 15 is 0 Å². The quantitative estimate of drug-likeness (QED) is 0.372. The van der Waals surface area contributed by atoms with Crippen LogP contribution in [0.3, 0.4) is 0 Å². The predicted octanol–water partition coefficient (Wildman–Crippen LogP) is 8.68. The monoisotopic (exact) mass is 458 g/mol. The molecule has 0 aliphatic heterocycles. The Kier molecular flexibility index (Phi) is 7.10. The second-order valence-corrected chi connectivity index (χ2v) is 14.6. The Bertz CT molecular complexity index is 710. The summed E-state index contributed by atoms with van der Waals surface area (Å²) in [6.45, 7) is 19.3. The lowest BCUT2D eigenvalue weighted by atomic mass is 9.44. The molecule has 2 heteroatoms. The lowest BCUT2D eigenvalue weighted by Gasteiger charge is -2.61. The smallest absolute Gasteiger partial charge is 0.302 e. The number of rotatable bonds is 6. The third-order valence-electron chi connectivity index (χ3n) is 12.5. The van der Waals surface area contributed by atoms with Gasteiger partial charge in [-0.15, -0.1) is 0 Å². The maximum atomic E-state index is 11.5. The minimum absolute atomic E-state index is 0.0892. The third-order valence-corrected chi connectivity index (χ3v) is 12.5. The van der Waals surface area contributed by atoms with Crippen LogP contribution in [0, 0.1) is 57.7 Å². The molecule has 0 saturated heterocycles. The minimum atomic E-state index is -0.0892. The zero-order chi connectivity index (χ0) is 24.2. The molecule has 0 spiro atoms. The van der Waals surface area contributed by atoms with Crippen molar-refractivity contribution in [2.45, 2.75) is 132 Å². The molecule has 0 N–H and O–H groups in total. The van der Waals surface area contributed by atoms with E-state index in [0.717, 1.165) is 54.3 Å². The molecule has 0 aromatic heterocycles. The minimum Gasteiger partial charge on any atom is -0.463 e. The van der Waals surface area contributed by atoms with Gasteiger partial charge in [0.15, 0.2) is 0 Å². The highest BCUT2D eigenvalue weighted by Gasteiger charge is 2.60. The second kappa shape index (κ2) is 9.16. The number of carbonyl (C=O) groups excluding carboxylic acids is 1. The van der Waals surface area contributed by atoms with Gasteiger partial charge in [-0.1, -0.05) is 48.5 Å². The fourth-order valence-corrected chi connectivity index (χ4v) is 9.63. The fourth-order valence-electron chi connectivity index (χ4n) is 9.63. The van der Waals surface area contributed by atoms with Gasteiger partial charge in [-0.3, -0.25) is 4.79 Å². The van der Waals surface area contributed by atoms with Crippen LogP contribution >= 0.6 is 0 Å². The number of esters is 1. The first-order valence-corrected chi connectivity index (χ1v) is 14.6. The molecule has 2 nitrogen and oxygen atoms in total. The molecule has 0 aromatic carbocycles. The standard InChI is InChI=1S/C31H54O2/c1-20(2)29(5,6)16-13-21(3)26-11-12-27-25-10-9-23-19-24(33-22(4)32)14-17-30(23,7)28(25)15-18-31(26,27)8/h20-21,23-28H,9-19H2,1-8H3. The van der Waals surface area contributed by atoms with E-state index in [-0.39, 0.29) is 12.1 Å². The Balaban J connectivity index is 1.44. The zero-order valence-electron chi connectivity index (χ0n) is 23.2. The van der Waals surface area contributed by atoms with Crippen molar-refractivity contribution in [1.29, 1.82) is 0 Å². The van der Waals surface area contributed by atoms with Crippen LogP contribution in [0.15, 0.2) is 0 Å². The summed E-state index contributed by atoms with van der Waals surface area (Å²) in [4.78, 5) is 11.5. The van der Waals surface area contributed by atoms with Crippen LogP contribution in [0.5, 0.6) is 0 Å². The highest BCUT2D eigenvalue weighted by Crippen LogP contribution is 2.68. The summed E-state index contributed by atoms with van der Waals surface area (Å²) in [6.07, 6.45) is 15.1. The van der Waals surface area contributed by atoms with Gasteiger partial charge in [0, 0.05) is 6.92 Å². The molecule has 9 atom stereocenters. The Morgan fingerprint density at radius 1 is 0.939 bits per heavy atom. The molecule has 0 radical (unpaired) electrons. The average molecular weight is 459 g/mol. The van der Waals surface area contributed by atoms with E-state index in [0.29, 0.717) is 16.2 Å². The first-order valence-electron chi connectivity index (χ1n) is 14.6. The summed E-state index contributed by atoms with van der Waals surface area (Å²) in [5.74, 6) is 6.02. The summed E-state index contributed by atoms with van der Waals surface area (Å²) in [6, 6.07) is 0. The second-order valence-electron chi connectivity index (χ2n) is 14.6. The van der Waals surface area contributed by atoms with E-state index < -0.39 is 0 Å². The van der Waals surface area contributed by atoms with Crippen molar-refractivity contribution in [3.8, 4) is 0 Å². The molecule has 4 saturated carbocycles. The van der Waals surface area contributed by atoms with Crippen LogP contribution in [0.2, 0.25) is 0 Å². The third kappa shape index (κ3) is 4.55. The normalized spacial score (nSPS) is 44.0.